The zero-order valence-electron chi connectivity index (χ0n) is 16.2. The summed E-state index contributed by atoms with van der Waals surface area (Å²) >= 11 is 1.67. The molecule has 1 atom stereocenters. The van der Waals surface area contributed by atoms with Gasteiger partial charge in [-0.05, 0) is 44.2 Å². The largest absolute Gasteiger partial charge is 0.512 e. The normalized spacial score (nSPS) is 17.4. The summed E-state index contributed by atoms with van der Waals surface area (Å²) in [5.74, 6) is -3.01. The second-order valence-corrected chi connectivity index (χ2v) is 8.48. The highest BCUT2D eigenvalue weighted by atomic mass is 32.2. The zero-order chi connectivity index (χ0) is 20.8. The maximum Gasteiger partial charge on any atom is 0.224 e. The molecule has 1 aliphatic heterocycles. The van der Waals surface area contributed by atoms with Crippen molar-refractivity contribution in [3.63, 3.8) is 0 Å². The number of carbonyl (C=O) groups excluding carboxylic acids is 1. The molecule has 2 rings (SSSR count). The minimum absolute atomic E-state index is 0.0199. The Labute approximate surface area is 168 Å². The van der Waals surface area contributed by atoms with E-state index in [2.05, 4.69) is 0 Å². The number of nitrogens with two attached hydrogens (primary N) is 1. The van der Waals surface area contributed by atoms with E-state index in [9.17, 15) is 23.1 Å². The van der Waals surface area contributed by atoms with Crippen LogP contribution >= 0.6 is 11.8 Å². The number of aliphatic hydroxyl groups excluding tert-OH is 1. The van der Waals surface area contributed by atoms with Gasteiger partial charge in [0.2, 0.25) is 5.91 Å². The molecule has 1 saturated heterocycles. The number of nitrogens with zero attached hydrogens (tertiary/aromatic N) is 1. The number of benzene rings is 1. The van der Waals surface area contributed by atoms with Crippen LogP contribution in [0.15, 0.2) is 22.8 Å². The molecule has 1 aromatic rings. The van der Waals surface area contributed by atoms with Crippen molar-refractivity contribution < 1.29 is 23.1 Å². The molecule has 1 fully saturated rings. The van der Waals surface area contributed by atoms with E-state index in [0.717, 1.165) is 30.2 Å². The number of allylic oxidation sites excluding steroid dienone is 2. The van der Waals surface area contributed by atoms with Crippen molar-refractivity contribution in [1.29, 1.82) is 0 Å². The average Bonchev–Trinajstić information content (AvgIpc) is 2.64. The molecule has 4 nitrogen and oxygen atoms in total. The quantitative estimate of drug-likeness (QED) is 0.514. The van der Waals surface area contributed by atoms with Gasteiger partial charge in [0.1, 0.15) is 5.82 Å². The van der Waals surface area contributed by atoms with Gasteiger partial charge in [-0.2, -0.15) is 0 Å². The number of carbonyl (C=O) groups is 1. The summed E-state index contributed by atoms with van der Waals surface area (Å²) in [5, 5.41) is 10.0. The Morgan fingerprint density at radius 2 is 1.86 bits per heavy atom. The van der Waals surface area contributed by atoms with Crippen molar-refractivity contribution in [3.05, 3.63) is 45.8 Å². The van der Waals surface area contributed by atoms with E-state index in [4.69, 9.17) is 5.73 Å². The first-order valence-corrected chi connectivity index (χ1v) is 10.3. The zero-order valence-corrected chi connectivity index (χ0v) is 17.0. The summed E-state index contributed by atoms with van der Waals surface area (Å²) in [4.78, 5) is 15.2. The predicted octanol–water partition coefficient (Wildman–Crippen LogP) is 4.29. The van der Waals surface area contributed by atoms with Crippen LogP contribution in [0, 0.1) is 17.5 Å². The monoisotopic (exact) mass is 416 g/mol. The number of hydrogen-bond donors (Lipinski definition) is 2. The molecule has 1 amide bonds. The molecular formula is C20H27F3N2O2S. The van der Waals surface area contributed by atoms with Gasteiger partial charge in [-0.3, -0.25) is 4.79 Å². The van der Waals surface area contributed by atoms with Gasteiger partial charge in [-0.1, -0.05) is 6.92 Å². The fourth-order valence-electron chi connectivity index (χ4n) is 3.28. The molecule has 0 aromatic heterocycles. The Bertz CT molecular complexity index is 730. The summed E-state index contributed by atoms with van der Waals surface area (Å²) in [7, 11) is 0. The van der Waals surface area contributed by atoms with Gasteiger partial charge in [-0.25, -0.2) is 13.2 Å². The first-order chi connectivity index (χ1) is 13.2. The number of thioether (sulfide) groups is 1. The standard InChI is InChI=1S/C20H27F3N2O2S/c1-3-19(12(2)26)28-15-4-6-25(7-5-15)20(27)10-14(24)8-13-9-17(22)18(23)11-16(13)21/h9,11,14-15,26H,3-8,10,24H2,1-2H3/b19-12+. The van der Waals surface area contributed by atoms with Crippen LogP contribution in [-0.4, -0.2) is 40.3 Å². The molecule has 3 N–H and O–H groups in total. The summed E-state index contributed by atoms with van der Waals surface area (Å²) in [5.41, 5.74) is 5.91. The smallest absolute Gasteiger partial charge is 0.224 e. The second kappa shape index (κ2) is 10.2. The highest BCUT2D eigenvalue weighted by Gasteiger charge is 2.25. The summed E-state index contributed by atoms with van der Waals surface area (Å²) < 4.78 is 40.0. The van der Waals surface area contributed by atoms with Crippen LogP contribution in [0.3, 0.4) is 0 Å². The first kappa shape index (κ1) is 22.6. The minimum Gasteiger partial charge on any atom is -0.512 e. The SMILES string of the molecule is CC/C(SC1CCN(C(=O)CC(N)Cc2cc(F)c(F)cc2F)CC1)=C(/C)O. The number of hydrogen-bond acceptors (Lipinski definition) is 4. The van der Waals surface area contributed by atoms with Crippen LogP contribution in [0.4, 0.5) is 13.2 Å². The molecule has 0 saturated carbocycles. The topological polar surface area (TPSA) is 66.6 Å². The van der Waals surface area contributed by atoms with E-state index in [1.54, 1.807) is 23.6 Å². The lowest BCUT2D eigenvalue weighted by atomic mass is 10.0. The molecule has 8 heteroatoms. The Balaban J connectivity index is 1.84. The number of aliphatic hydroxyl groups is 1. The van der Waals surface area contributed by atoms with Crippen LogP contribution in [0.2, 0.25) is 0 Å². The lowest BCUT2D eigenvalue weighted by Crippen LogP contribution is -2.42. The number of rotatable bonds is 7. The van der Waals surface area contributed by atoms with E-state index in [0.29, 0.717) is 30.2 Å². The van der Waals surface area contributed by atoms with Crippen LogP contribution in [0.1, 0.15) is 45.1 Å². The lowest BCUT2D eigenvalue weighted by molar-refractivity contribution is -0.132. The lowest BCUT2D eigenvalue weighted by Gasteiger charge is -2.32. The predicted molar refractivity (Wildman–Crippen MR) is 105 cm³/mol. The van der Waals surface area contributed by atoms with Crippen molar-refractivity contribution >= 4 is 17.7 Å². The Morgan fingerprint density at radius 3 is 2.43 bits per heavy atom. The van der Waals surface area contributed by atoms with E-state index in [1.807, 2.05) is 6.92 Å². The van der Waals surface area contributed by atoms with Crippen LogP contribution < -0.4 is 5.73 Å². The summed E-state index contributed by atoms with van der Waals surface area (Å²) in [6.45, 7) is 4.88. The van der Waals surface area contributed by atoms with Gasteiger partial charge in [0.15, 0.2) is 11.6 Å². The summed E-state index contributed by atoms with van der Waals surface area (Å²) in [6.07, 6.45) is 2.40. The molecule has 0 bridgehead atoms. The van der Waals surface area contributed by atoms with Crippen molar-refractivity contribution in [1.82, 2.24) is 4.90 Å². The van der Waals surface area contributed by atoms with Crippen LogP contribution in [0.5, 0.6) is 0 Å². The van der Waals surface area contributed by atoms with Gasteiger partial charge in [-0.15, -0.1) is 11.8 Å². The average molecular weight is 417 g/mol. The fourth-order valence-corrected chi connectivity index (χ4v) is 4.46. The molecule has 28 heavy (non-hydrogen) atoms. The third-order valence-electron chi connectivity index (χ3n) is 4.84. The molecule has 0 aliphatic carbocycles. The first-order valence-electron chi connectivity index (χ1n) is 9.43. The number of likely N-dealkylation sites (tertiary alicyclic amines) is 1. The Hall–Kier alpha value is -1.67. The number of piperidine rings is 1. The van der Waals surface area contributed by atoms with E-state index in [1.165, 1.54) is 0 Å². The van der Waals surface area contributed by atoms with E-state index < -0.39 is 23.5 Å². The molecule has 1 heterocycles. The molecular weight excluding hydrogens is 389 g/mol. The molecule has 0 radical (unpaired) electrons. The van der Waals surface area contributed by atoms with Gasteiger partial charge in [0.05, 0.1) is 5.76 Å². The van der Waals surface area contributed by atoms with Gasteiger partial charge >= 0.3 is 0 Å². The van der Waals surface area contributed by atoms with Crippen molar-refractivity contribution in [2.45, 2.75) is 57.2 Å². The molecule has 1 aliphatic rings. The number of amides is 1. The van der Waals surface area contributed by atoms with Crippen molar-refractivity contribution in [2.75, 3.05) is 13.1 Å². The molecule has 1 aromatic carbocycles. The highest BCUT2D eigenvalue weighted by Crippen LogP contribution is 2.32. The van der Waals surface area contributed by atoms with Crippen molar-refractivity contribution in [3.8, 4) is 0 Å². The third kappa shape index (κ3) is 6.17. The maximum atomic E-state index is 13.7. The fraction of sp³-hybridized carbons (Fsp3) is 0.550. The van der Waals surface area contributed by atoms with Crippen LogP contribution in [0.25, 0.3) is 0 Å². The summed E-state index contributed by atoms with van der Waals surface area (Å²) in [6, 6.07) is 0.611. The van der Waals surface area contributed by atoms with Gasteiger partial charge in [0, 0.05) is 41.8 Å². The molecule has 156 valence electrons. The Kier molecular flexibility index (Phi) is 8.24. The van der Waals surface area contributed by atoms with Crippen LogP contribution in [-0.2, 0) is 11.2 Å². The van der Waals surface area contributed by atoms with E-state index >= 15 is 0 Å². The molecule has 0 spiro atoms. The van der Waals surface area contributed by atoms with Gasteiger partial charge in [0.25, 0.3) is 0 Å². The van der Waals surface area contributed by atoms with Crippen molar-refractivity contribution in [2.24, 2.45) is 5.73 Å². The minimum atomic E-state index is -1.25. The van der Waals surface area contributed by atoms with Gasteiger partial charge < -0.3 is 15.7 Å². The Morgan fingerprint density at radius 1 is 1.25 bits per heavy atom. The molecule has 1 unspecified atom stereocenters. The highest BCUT2D eigenvalue weighted by molar-refractivity contribution is 8.03. The number of halogens is 3. The maximum absolute atomic E-state index is 13.7. The third-order valence-corrected chi connectivity index (χ3v) is 6.51. The second-order valence-electron chi connectivity index (χ2n) is 7.09. The van der Waals surface area contributed by atoms with E-state index in [-0.39, 0.29) is 24.3 Å².